The normalized spacial score (nSPS) is 11.9. The molecule has 0 heterocycles. The topological polar surface area (TPSA) is 61.4 Å². The number of aryl methyl sites for hydroxylation is 1. The lowest BCUT2D eigenvalue weighted by atomic mass is 10.1. The second-order valence-corrected chi connectivity index (χ2v) is 6.27. The molecule has 2 aromatic rings. The molecule has 0 aliphatic rings. The predicted octanol–water partition coefficient (Wildman–Crippen LogP) is 3.41. The van der Waals surface area contributed by atoms with Crippen LogP contribution in [-0.2, 0) is 16.1 Å². The molecule has 0 saturated carbocycles. The van der Waals surface area contributed by atoms with E-state index < -0.39 is 0 Å². The average molecular weight is 339 g/mol. The summed E-state index contributed by atoms with van der Waals surface area (Å²) in [4.78, 5) is 25.7. The van der Waals surface area contributed by atoms with Crippen LogP contribution in [0.15, 0.2) is 48.5 Å². The van der Waals surface area contributed by atoms with Crippen molar-refractivity contribution in [3.63, 3.8) is 0 Å². The second kappa shape index (κ2) is 8.44. The average Bonchev–Trinajstić information content (AvgIpc) is 2.55. The smallest absolute Gasteiger partial charge is 0.241 e. The zero-order valence-corrected chi connectivity index (χ0v) is 15.2. The first-order valence-electron chi connectivity index (χ1n) is 8.30. The first kappa shape index (κ1) is 18.7. The molecule has 132 valence electrons. The Labute approximate surface area is 149 Å². The fourth-order valence-electron chi connectivity index (χ4n) is 2.52. The molecular formula is C20H25N3O2. The third-order valence-corrected chi connectivity index (χ3v) is 4.17. The minimum Gasteiger partial charge on any atom is -0.326 e. The maximum atomic E-state index is 12.5. The van der Waals surface area contributed by atoms with Gasteiger partial charge in [-0.25, -0.2) is 0 Å². The molecule has 2 aromatic carbocycles. The molecule has 0 bridgehead atoms. The van der Waals surface area contributed by atoms with E-state index in [4.69, 9.17) is 0 Å². The van der Waals surface area contributed by atoms with E-state index in [-0.39, 0.29) is 17.9 Å². The Kier molecular flexibility index (Phi) is 6.31. The van der Waals surface area contributed by atoms with Crippen molar-refractivity contribution >= 4 is 23.2 Å². The number of carbonyl (C=O) groups is 2. The highest BCUT2D eigenvalue weighted by Gasteiger charge is 2.18. The van der Waals surface area contributed by atoms with Crippen molar-refractivity contribution in [2.75, 3.05) is 17.7 Å². The number of benzene rings is 2. The molecule has 25 heavy (non-hydrogen) atoms. The van der Waals surface area contributed by atoms with E-state index in [0.29, 0.717) is 17.9 Å². The fraction of sp³-hybridized carbons (Fsp3) is 0.300. The summed E-state index contributed by atoms with van der Waals surface area (Å²) in [5.41, 5.74) is 3.74. The highest BCUT2D eigenvalue weighted by molar-refractivity contribution is 5.96. The molecule has 0 saturated heterocycles. The van der Waals surface area contributed by atoms with Crippen molar-refractivity contribution in [3.8, 4) is 0 Å². The molecule has 5 nitrogen and oxygen atoms in total. The van der Waals surface area contributed by atoms with Gasteiger partial charge >= 0.3 is 0 Å². The van der Waals surface area contributed by atoms with E-state index in [9.17, 15) is 9.59 Å². The number of amides is 2. The molecule has 1 unspecified atom stereocenters. The summed E-state index contributed by atoms with van der Waals surface area (Å²) in [6.07, 6.45) is 0. The molecule has 2 amide bonds. The van der Waals surface area contributed by atoms with Gasteiger partial charge in [0.05, 0.1) is 6.04 Å². The van der Waals surface area contributed by atoms with Crippen LogP contribution in [0, 0.1) is 6.92 Å². The summed E-state index contributed by atoms with van der Waals surface area (Å²) in [5, 5.41) is 5.61. The lowest BCUT2D eigenvalue weighted by molar-refractivity contribution is -0.120. The molecule has 0 radical (unpaired) electrons. The lowest BCUT2D eigenvalue weighted by Crippen LogP contribution is -2.39. The predicted molar refractivity (Wildman–Crippen MR) is 101 cm³/mol. The van der Waals surface area contributed by atoms with Crippen molar-refractivity contribution in [3.05, 3.63) is 59.7 Å². The highest BCUT2D eigenvalue weighted by Crippen LogP contribution is 2.16. The number of nitrogens with zero attached hydrogens (tertiary/aromatic N) is 1. The molecular weight excluding hydrogens is 314 g/mol. The number of anilines is 2. The third kappa shape index (κ3) is 5.43. The van der Waals surface area contributed by atoms with Gasteiger partial charge in [0.1, 0.15) is 0 Å². The van der Waals surface area contributed by atoms with Gasteiger partial charge in [-0.3, -0.25) is 14.5 Å². The Morgan fingerprint density at radius 1 is 1.04 bits per heavy atom. The lowest BCUT2D eigenvalue weighted by Gasteiger charge is -2.24. The maximum absolute atomic E-state index is 12.5. The Balaban J connectivity index is 2.00. The van der Waals surface area contributed by atoms with Crippen LogP contribution < -0.4 is 10.6 Å². The van der Waals surface area contributed by atoms with Crippen LogP contribution in [-0.4, -0.2) is 29.8 Å². The summed E-state index contributed by atoms with van der Waals surface area (Å²) in [6.45, 7) is 6.10. The molecule has 0 aliphatic heterocycles. The molecule has 0 aliphatic carbocycles. The fourth-order valence-corrected chi connectivity index (χ4v) is 2.52. The number of hydrogen-bond acceptors (Lipinski definition) is 3. The highest BCUT2D eigenvalue weighted by atomic mass is 16.2. The van der Waals surface area contributed by atoms with Gasteiger partial charge in [0, 0.05) is 24.8 Å². The minimum absolute atomic E-state index is 0.0870. The molecule has 5 heteroatoms. The van der Waals surface area contributed by atoms with Gasteiger partial charge in [-0.1, -0.05) is 30.3 Å². The Morgan fingerprint density at radius 2 is 1.68 bits per heavy atom. The van der Waals surface area contributed by atoms with Gasteiger partial charge < -0.3 is 10.6 Å². The van der Waals surface area contributed by atoms with E-state index in [2.05, 4.69) is 29.7 Å². The Morgan fingerprint density at radius 3 is 2.32 bits per heavy atom. The van der Waals surface area contributed by atoms with Crippen molar-refractivity contribution < 1.29 is 9.59 Å². The van der Waals surface area contributed by atoms with Crippen molar-refractivity contribution in [1.82, 2.24) is 4.90 Å². The second-order valence-electron chi connectivity index (χ2n) is 6.27. The number of likely N-dealkylation sites (N-methyl/N-ethyl adjacent to an activating group) is 1. The maximum Gasteiger partial charge on any atom is 0.241 e. The van der Waals surface area contributed by atoms with Gasteiger partial charge in [0.2, 0.25) is 11.8 Å². The van der Waals surface area contributed by atoms with Gasteiger partial charge in [0.15, 0.2) is 0 Å². The van der Waals surface area contributed by atoms with Crippen LogP contribution in [0.25, 0.3) is 0 Å². The SMILES string of the molecule is CC(=O)Nc1cccc(NC(=O)C(C)N(C)Cc2ccccc2C)c1. The van der Waals surface area contributed by atoms with Crippen molar-refractivity contribution in [1.29, 1.82) is 0 Å². The zero-order valence-electron chi connectivity index (χ0n) is 15.2. The van der Waals surface area contributed by atoms with Crippen LogP contribution in [0.4, 0.5) is 11.4 Å². The first-order valence-corrected chi connectivity index (χ1v) is 8.30. The van der Waals surface area contributed by atoms with E-state index >= 15 is 0 Å². The summed E-state index contributed by atoms with van der Waals surface area (Å²) in [7, 11) is 1.93. The van der Waals surface area contributed by atoms with E-state index in [0.717, 1.165) is 0 Å². The largest absolute Gasteiger partial charge is 0.326 e. The molecule has 0 spiro atoms. The van der Waals surface area contributed by atoms with Gasteiger partial charge in [0.25, 0.3) is 0 Å². The third-order valence-electron chi connectivity index (χ3n) is 4.17. The standard InChI is InChI=1S/C20H25N3O2/c1-14-8-5-6-9-17(14)13-23(4)15(2)20(25)22-19-11-7-10-18(12-19)21-16(3)24/h5-12,15H,13H2,1-4H3,(H,21,24)(H,22,25). The number of rotatable bonds is 6. The Hall–Kier alpha value is -2.66. The van der Waals surface area contributed by atoms with Crippen molar-refractivity contribution in [2.24, 2.45) is 0 Å². The van der Waals surface area contributed by atoms with Crippen LogP contribution in [0.2, 0.25) is 0 Å². The molecule has 0 aromatic heterocycles. The summed E-state index contributed by atoms with van der Waals surface area (Å²) < 4.78 is 0. The summed E-state index contributed by atoms with van der Waals surface area (Å²) in [5.74, 6) is -0.231. The van der Waals surface area contributed by atoms with Crippen LogP contribution in [0.3, 0.4) is 0 Å². The zero-order chi connectivity index (χ0) is 18.4. The monoisotopic (exact) mass is 339 g/mol. The molecule has 0 fully saturated rings. The van der Waals surface area contributed by atoms with E-state index in [1.807, 2.05) is 31.0 Å². The summed E-state index contributed by atoms with van der Waals surface area (Å²) in [6, 6.07) is 15.0. The van der Waals surface area contributed by atoms with Gasteiger partial charge in [-0.05, 0) is 50.2 Å². The van der Waals surface area contributed by atoms with Crippen molar-refractivity contribution in [2.45, 2.75) is 33.4 Å². The molecule has 2 N–H and O–H groups in total. The summed E-state index contributed by atoms with van der Waals surface area (Å²) >= 11 is 0. The Bertz CT molecular complexity index is 758. The molecule has 1 atom stereocenters. The van der Waals surface area contributed by atoms with Gasteiger partial charge in [-0.15, -0.1) is 0 Å². The first-order chi connectivity index (χ1) is 11.9. The van der Waals surface area contributed by atoms with E-state index in [1.165, 1.54) is 18.1 Å². The molecule has 2 rings (SSSR count). The number of nitrogens with one attached hydrogen (secondary N) is 2. The van der Waals surface area contributed by atoms with Gasteiger partial charge in [-0.2, -0.15) is 0 Å². The van der Waals surface area contributed by atoms with Crippen LogP contribution in [0.5, 0.6) is 0 Å². The number of hydrogen-bond donors (Lipinski definition) is 2. The van der Waals surface area contributed by atoms with E-state index in [1.54, 1.807) is 24.3 Å². The number of carbonyl (C=O) groups excluding carboxylic acids is 2. The van der Waals surface area contributed by atoms with Crippen LogP contribution >= 0.6 is 0 Å². The van der Waals surface area contributed by atoms with Crippen LogP contribution in [0.1, 0.15) is 25.0 Å². The quantitative estimate of drug-likeness (QED) is 0.848. The minimum atomic E-state index is -0.288.